The van der Waals surface area contributed by atoms with E-state index in [1.807, 2.05) is 38.1 Å². The number of para-hydroxylation sites is 1. The molecule has 0 fully saturated rings. The highest BCUT2D eigenvalue weighted by Crippen LogP contribution is 2.12. The van der Waals surface area contributed by atoms with E-state index in [9.17, 15) is 4.79 Å². The first kappa shape index (κ1) is 13.7. The third kappa shape index (κ3) is 4.54. The summed E-state index contributed by atoms with van der Waals surface area (Å²) in [5, 5.41) is 14.8. The highest BCUT2D eigenvalue weighted by atomic mass is 16.3. The highest BCUT2D eigenvalue weighted by Gasteiger charge is 2.07. The summed E-state index contributed by atoms with van der Waals surface area (Å²) in [6.07, 6.45) is 0.800. The van der Waals surface area contributed by atoms with Crippen LogP contribution in [0.3, 0.4) is 0 Å². The van der Waals surface area contributed by atoms with Gasteiger partial charge in [0.15, 0.2) is 0 Å². The van der Waals surface area contributed by atoms with Crippen LogP contribution in [-0.2, 0) is 4.79 Å². The Morgan fingerprint density at radius 3 is 2.71 bits per heavy atom. The first-order valence-corrected chi connectivity index (χ1v) is 5.87. The largest absolute Gasteiger partial charge is 0.395 e. The highest BCUT2D eigenvalue weighted by molar-refractivity contribution is 5.92. The lowest BCUT2D eigenvalue weighted by Gasteiger charge is -2.14. The van der Waals surface area contributed by atoms with Crippen molar-refractivity contribution in [1.82, 2.24) is 5.32 Å². The molecule has 0 aliphatic carbocycles. The zero-order valence-corrected chi connectivity index (χ0v) is 10.4. The summed E-state index contributed by atoms with van der Waals surface area (Å²) in [4.78, 5) is 11.6. The molecule has 94 valence electrons. The molecule has 1 aromatic rings. The predicted molar refractivity (Wildman–Crippen MR) is 69.0 cm³/mol. The fraction of sp³-hybridized carbons (Fsp3) is 0.462. The number of benzene rings is 1. The first-order chi connectivity index (χ1) is 8.17. The molecule has 0 aliphatic heterocycles. The maximum atomic E-state index is 11.6. The Balaban J connectivity index is 2.42. The molecule has 0 aliphatic rings. The normalized spacial score (nSPS) is 12.2. The van der Waals surface area contributed by atoms with Crippen LogP contribution in [0.5, 0.6) is 0 Å². The molecule has 0 bridgehead atoms. The van der Waals surface area contributed by atoms with E-state index in [1.165, 1.54) is 0 Å². The summed E-state index contributed by atoms with van der Waals surface area (Å²) >= 11 is 0. The Labute approximate surface area is 102 Å². The van der Waals surface area contributed by atoms with E-state index in [0.717, 1.165) is 17.7 Å². The molecule has 0 unspecified atom stereocenters. The van der Waals surface area contributed by atoms with E-state index in [-0.39, 0.29) is 25.1 Å². The molecule has 0 radical (unpaired) electrons. The number of aliphatic hydroxyl groups is 1. The standard InChI is InChI=1S/C13H20N2O2/c1-3-11(9-16)14-8-13(17)15-12-7-5-4-6-10(12)2/h4-7,11,14,16H,3,8-9H2,1-2H3,(H,15,17)/t11-/m0/s1. The van der Waals surface area contributed by atoms with E-state index >= 15 is 0 Å². The molecule has 1 atom stereocenters. The number of nitrogens with one attached hydrogen (secondary N) is 2. The van der Waals surface area contributed by atoms with Gasteiger partial charge in [0.2, 0.25) is 5.91 Å². The summed E-state index contributed by atoms with van der Waals surface area (Å²) < 4.78 is 0. The number of aryl methyl sites for hydroxylation is 1. The molecule has 3 N–H and O–H groups in total. The Bertz CT molecular complexity index is 362. The van der Waals surface area contributed by atoms with E-state index in [4.69, 9.17) is 5.11 Å². The van der Waals surface area contributed by atoms with Crippen molar-refractivity contribution in [3.63, 3.8) is 0 Å². The molecule has 1 amide bonds. The maximum Gasteiger partial charge on any atom is 0.238 e. The van der Waals surface area contributed by atoms with Crippen molar-refractivity contribution in [2.75, 3.05) is 18.5 Å². The lowest BCUT2D eigenvalue weighted by atomic mass is 10.2. The van der Waals surface area contributed by atoms with Crippen LogP contribution in [0.4, 0.5) is 5.69 Å². The molecule has 4 nitrogen and oxygen atoms in total. The van der Waals surface area contributed by atoms with Crippen LogP contribution in [0.2, 0.25) is 0 Å². The topological polar surface area (TPSA) is 61.4 Å². The molecular weight excluding hydrogens is 216 g/mol. The molecule has 0 heterocycles. The van der Waals surface area contributed by atoms with Crippen LogP contribution in [0, 0.1) is 6.92 Å². The average molecular weight is 236 g/mol. The number of anilines is 1. The SMILES string of the molecule is CC[C@@H](CO)NCC(=O)Nc1ccccc1C. The van der Waals surface area contributed by atoms with E-state index < -0.39 is 0 Å². The van der Waals surface area contributed by atoms with Crippen molar-refractivity contribution < 1.29 is 9.90 Å². The molecule has 0 spiro atoms. The van der Waals surface area contributed by atoms with Crippen LogP contribution in [0.1, 0.15) is 18.9 Å². The van der Waals surface area contributed by atoms with Crippen molar-refractivity contribution >= 4 is 11.6 Å². The third-order valence-electron chi connectivity index (χ3n) is 2.68. The number of carbonyl (C=O) groups is 1. The average Bonchev–Trinajstić information content (AvgIpc) is 2.33. The van der Waals surface area contributed by atoms with Crippen molar-refractivity contribution in [3.05, 3.63) is 29.8 Å². The maximum absolute atomic E-state index is 11.6. The van der Waals surface area contributed by atoms with Gasteiger partial charge in [-0.15, -0.1) is 0 Å². The fourth-order valence-electron chi connectivity index (χ4n) is 1.48. The minimum absolute atomic E-state index is 0.0161. The van der Waals surface area contributed by atoms with Crippen molar-refractivity contribution in [1.29, 1.82) is 0 Å². The molecule has 1 aromatic carbocycles. The Morgan fingerprint density at radius 1 is 1.41 bits per heavy atom. The van der Waals surface area contributed by atoms with Gasteiger partial charge in [-0.3, -0.25) is 4.79 Å². The second-order valence-electron chi connectivity index (χ2n) is 4.03. The number of rotatable bonds is 6. The summed E-state index contributed by atoms with van der Waals surface area (Å²) in [6.45, 7) is 4.18. The van der Waals surface area contributed by atoms with Crippen molar-refractivity contribution in [2.45, 2.75) is 26.3 Å². The third-order valence-corrected chi connectivity index (χ3v) is 2.68. The van der Waals surface area contributed by atoms with Gasteiger partial charge in [0, 0.05) is 11.7 Å². The molecule has 0 saturated heterocycles. The van der Waals surface area contributed by atoms with Crippen LogP contribution < -0.4 is 10.6 Å². The summed E-state index contributed by atoms with van der Waals surface area (Å²) in [7, 11) is 0. The molecule has 17 heavy (non-hydrogen) atoms. The van der Waals surface area contributed by atoms with Gasteiger partial charge in [-0.05, 0) is 25.0 Å². The Kier molecular flexibility index (Phi) is 5.66. The van der Waals surface area contributed by atoms with Crippen LogP contribution in [-0.4, -0.2) is 30.2 Å². The number of aliphatic hydroxyl groups excluding tert-OH is 1. The number of carbonyl (C=O) groups excluding carboxylic acids is 1. The molecule has 1 rings (SSSR count). The van der Waals surface area contributed by atoms with Gasteiger partial charge in [0.1, 0.15) is 0 Å². The molecule has 0 saturated carbocycles. The van der Waals surface area contributed by atoms with Crippen LogP contribution in [0.25, 0.3) is 0 Å². The molecule has 0 aromatic heterocycles. The summed E-state index contributed by atoms with van der Waals surface area (Å²) in [5.74, 6) is -0.0915. The molecular formula is C13H20N2O2. The lowest BCUT2D eigenvalue weighted by molar-refractivity contribution is -0.115. The second-order valence-corrected chi connectivity index (χ2v) is 4.03. The van der Waals surface area contributed by atoms with E-state index in [1.54, 1.807) is 0 Å². The van der Waals surface area contributed by atoms with Gasteiger partial charge in [0.25, 0.3) is 0 Å². The summed E-state index contributed by atoms with van der Waals surface area (Å²) in [5.41, 5.74) is 1.87. The summed E-state index contributed by atoms with van der Waals surface area (Å²) in [6, 6.07) is 7.63. The first-order valence-electron chi connectivity index (χ1n) is 5.87. The Hall–Kier alpha value is -1.39. The minimum Gasteiger partial charge on any atom is -0.395 e. The quantitative estimate of drug-likeness (QED) is 0.697. The molecule has 4 heteroatoms. The van der Waals surface area contributed by atoms with E-state index in [2.05, 4.69) is 10.6 Å². The Morgan fingerprint density at radius 2 is 2.12 bits per heavy atom. The predicted octanol–water partition coefficient (Wildman–Crippen LogP) is 1.29. The van der Waals surface area contributed by atoms with Crippen molar-refractivity contribution in [3.8, 4) is 0 Å². The lowest BCUT2D eigenvalue weighted by Crippen LogP contribution is -2.37. The van der Waals surface area contributed by atoms with Crippen LogP contribution >= 0.6 is 0 Å². The zero-order valence-electron chi connectivity index (χ0n) is 10.4. The van der Waals surface area contributed by atoms with Gasteiger partial charge in [-0.2, -0.15) is 0 Å². The number of amides is 1. The minimum atomic E-state index is -0.0915. The van der Waals surface area contributed by atoms with Gasteiger partial charge >= 0.3 is 0 Å². The smallest absolute Gasteiger partial charge is 0.238 e. The monoisotopic (exact) mass is 236 g/mol. The van der Waals surface area contributed by atoms with Gasteiger partial charge in [-0.25, -0.2) is 0 Å². The van der Waals surface area contributed by atoms with E-state index in [0.29, 0.717) is 0 Å². The van der Waals surface area contributed by atoms with Crippen LogP contribution in [0.15, 0.2) is 24.3 Å². The van der Waals surface area contributed by atoms with Gasteiger partial charge in [0.05, 0.1) is 13.2 Å². The van der Waals surface area contributed by atoms with Gasteiger partial charge < -0.3 is 15.7 Å². The number of hydrogen-bond donors (Lipinski definition) is 3. The zero-order chi connectivity index (χ0) is 12.7. The second kappa shape index (κ2) is 7.04. The van der Waals surface area contributed by atoms with Gasteiger partial charge in [-0.1, -0.05) is 25.1 Å². The number of hydrogen-bond acceptors (Lipinski definition) is 3. The fourth-order valence-corrected chi connectivity index (χ4v) is 1.48. The van der Waals surface area contributed by atoms with Crippen molar-refractivity contribution in [2.24, 2.45) is 0 Å².